The summed E-state index contributed by atoms with van der Waals surface area (Å²) in [6.45, 7) is 14.7. The van der Waals surface area contributed by atoms with Crippen molar-refractivity contribution in [1.29, 1.82) is 0 Å². The van der Waals surface area contributed by atoms with E-state index in [0.29, 0.717) is 23.2 Å². The third kappa shape index (κ3) is 4.99. The van der Waals surface area contributed by atoms with Gasteiger partial charge in [-0.1, -0.05) is 0 Å². The van der Waals surface area contributed by atoms with Gasteiger partial charge in [0, 0.05) is 0 Å². The van der Waals surface area contributed by atoms with Crippen molar-refractivity contribution >= 4 is 30.3 Å². The maximum atomic E-state index is 6.90. The zero-order valence-corrected chi connectivity index (χ0v) is 22.7. The average molecular weight is 487 g/mol. The molecule has 0 heterocycles. The van der Waals surface area contributed by atoms with Crippen LogP contribution in [0.2, 0.25) is 31.4 Å². The molecule has 1 aromatic carbocycles. The van der Waals surface area contributed by atoms with Crippen LogP contribution in [-0.2, 0) is 11.0 Å². The molecule has 0 bridgehead atoms. The normalized spacial score (nSPS) is 13.0. The molecule has 5 heteroatoms. The Hall–Kier alpha value is -0.204. The van der Waals surface area contributed by atoms with Gasteiger partial charge in [-0.2, -0.15) is 0 Å². The topological polar surface area (TPSA) is 27.7 Å². The van der Waals surface area contributed by atoms with E-state index >= 15 is 0 Å². The van der Waals surface area contributed by atoms with Gasteiger partial charge in [0.05, 0.1) is 0 Å². The quantitative estimate of drug-likeness (QED) is 0.404. The van der Waals surface area contributed by atoms with Crippen LogP contribution in [0, 0.1) is 0 Å². The van der Waals surface area contributed by atoms with Gasteiger partial charge in [-0.05, 0) is 0 Å². The Bertz CT molecular complexity index is 570. The summed E-state index contributed by atoms with van der Waals surface area (Å²) in [6.07, 6.45) is 0. The molecule has 0 aliphatic heterocycles. The predicted molar refractivity (Wildman–Crippen MR) is 118 cm³/mol. The van der Waals surface area contributed by atoms with E-state index in [4.69, 9.17) is 13.9 Å². The molecule has 0 radical (unpaired) electrons. The van der Waals surface area contributed by atoms with Gasteiger partial charge in [0.15, 0.2) is 0 Å². The molecular weight excluding hydrogens is 447 g/mol. The first-order valence-corrected chi connectivity index (χ1v) is 21.9. The molecule has 0 N–H and O–H groups in total. The average Bonchev–Trinajstić information content (AvgIpc) is 2.52. The molecule has 1 aromatic rings. The van der Waals surface area contributed by atoms with Crippen molar-refractivity contribution in [2.24, 2.45) is 0 Å². The maximum absolute atomic E-state index is 6.90. The van der Waals surface area contributed by atoms with Crippen LogP contribution in [0.1, 0.15) is 47.1 Å². The van der Waals surface area contributed by atoms with Crippen LogP contribution in [0.15, 0.2) is 12.1 Å². The molecule has 0 unspecified atom stereocenters. The Labute approximate surface area is 166 Å². The van der Waals surface area contributed by atoms with E-state index in [2.05, 4.69) is 62.4 Å². The number of ether oxygens (including phenoxy) is 2. The van der Waals surface area contributed by atoms with Gasteiger partial charge in [0.2, 0.25) is 0 Å². The molecule has 0 saturated heterocycles. The van der Waals surface area contributed by atoms with Crippen molar-refractivity contribution < 1.29 is 13.9 Å². The summed E-state index contributed by atoms with van der Waals surface area (Å²) >= 11 is -2.41. The molecular formula is C21H40O3SiSn. The molecule has 0 amide bonds. The fourth-order valence-electron chi connectivity index (χ4n) is 4.59. The summed E-state index contributed by atoms with van der Waals surface area (Å²) in [7, 11) is 1.57. The van der Waals surface area contributed by atoms with E-state index in [9.17, 15) is 0 Å². The second kappa shape index (κ2) is 9.33. The van der Waals surface area contributed by atoms with Crippen LogP contribution in [0.25, 0.3) is 0 Å². The molecule has 0 aliphatic carbocycles. The molecule has 0 fully saturated rings. The molecule has 1 rings (SSSR count). The third-order valence-corrected chi connectivity index (χ3v) is 17.5. The van der Waals surface area contributed by atoms with Crippen LogP contribution < -0.4 is 13.1 Å². The Morgan fingerprint density at radius 2 is 1.35 bits per heavy atom. The van der Waals surface area contributed by atoms with E-state index in [1.165, 1.54) is 9.14 Å². The summed E-state index contributed by atoms with van der Waals surface area (Å²) in [5.74, 6) is 1.82. The summed E-state index contributed by atoms with van der Waals surface area (Å²) in [6, 6.07) is 4.19. The Kier molecular flexibility index (Phi) is 8.55. The molecule has 150 valence electrons. The van der Waals surface area contributed by atoms with Crippen molar-refractivity contribution in [3.8, 4) is 11.5 Å². The van der Waals surface area contributed by atoms with Crippen molar-refractivity contribution in [2.45, 2.75) is 79.6 Å². The van der Waals surface area contributed by atoms with E-state index in [0.717, 1.165) is 11.5 Å². The van der Waals surface area contributed by atoms with Gasteiger partial charge < -0.3 is 0 Å². The monoisotopic (exact) mass is 488 g/mol. The van der Waals surface area contributed by atoms with Gasteiger partial charge in [0.1, 0.15) is 0 Å². The van der Waals surface area contributed by atoms with E-state index < -0.39 is 26.7 Å². The Balaban J connectivity index is 3.42. The fraction of sp³-hybridized carbons (Fsp3) is 0.714. The van der Waals surface area contributed by atoms with Crippen molar-refractivity contribution in [1.82, 2.24) is 0 Å². The zero-order valence-electron chi connectivity index (χ0n) is 18.8. The molecule has 0 aliphatic rings. The number of methoxy groups -OCH3 is 2. The van der Waals surface area contributed by atoms with E-state index in [-0.39, 0.29) is 0 Å². The fourth-order valence-corrected chi connectivity index (χ4v) is 15.8. The molecule has 0 saturated carbocycles. The van der Waals surface area contributed by atoms with E-state index in [1.54, 1.807) is 14.2 Å². The Morgan fingerprint density at radius 3 is 1.69 bits per heavy atom. The third-order valence-electron chi connectivity index (χ3n) is 5.55. The van der Waals surface area contributed by atoms with Crippen molar-refractivity contribution in [3.63, 3.8) is 0 Å². The van der Waals surface area contributed by atoms with Gasteiger partial charge >= 0.3 is 167 Å². The Morgan fingerprint density at radius 1 is 0.846 bits per heavy atom. The number of hydrogen-bond acceptors (Lipinski definition) is 3. The molecule has 0 spiro atoms. The number of hydrogen-bond donors (Lipinski definition) is 0. The summed E-state index contributed by atoms with van der Waals surface area (Å²) < 4.78 is 19.6. The standard InChI is InChI=1S/C18H31O3Si.3CH3.Sn/c1-13(2)22(14(3)4,15(5)6)21-12-16-9-17(19-7)11-18(10-16)20-8;;;;/h9,11,13-15H,12H2,1-8H3;3*1H3;. The summed E-state index contributed by atoms with van der Waals surface area (Å²) in [4.78, 5) is 7.29. The van der Waals surface area contributed by atoms with Gasteiger partial charge in [-0.3, -0.25) is 0 Å². The first kappa shape index (κ1) is 23.8. The SMILES string of the molecule is COc1cc(CO[Si](C(C)C)(C(C)C)C(C)C)[c]([Sn]([CH3])([CH3])[CH3])c(OC)c1. The van der Waals surface area contributed by atoms with Crippen LogP contribution in [-0.4, -0.2) is 40.9 Å². The molecule has 0 atom stereocenters. The van der Waals surface area contributed by atoms with Crippen molar-refractivity contribution in [3.05, 3.63) is 17.7 Å². The first-order chi connectivity index (χ1) is 11.9. The van der Waals surface area contributed by atoms with Gasteiger partial charge in [-0.25, -0.2) is 0 Å². The predicted octanol–water partition coefficient (Wildman–Crippen LogP) is 5.94. The summed E-state index contributed by atoms with van der Waals surface area (Å²) in [5.41, 5.74) is 3.01. The minimum absolute atomic E-state index is 0.580. The number of rotatable bonds is 9. The van der Waals surface area contributed by atoms with Crippen LogP contribution in [0.3, 0.4) is 0 Å². The minimum atomic E-state index is -2.41. The summed E-state index contributed by atoms with van der Waals surface area (Å²) in [5, 5.41) is 0. The van der Waals surface area contributed by atoms with E-state index in [1.807, 2.05) is 6.07 Å². The zero-order chi connectivity index (χ0) is 20.3. The van der Waals surface area contributed by atoms with Crippen molar-refractivity contribution in [2.75, 3.05) is 14.2 Å². The molecule has 0 aromatic heterocycles. The van der Waals surface area contributed by atoms with Crippen LogP contribution >= 0.6 is 0 Å². The molecule has 26 heavy (non-hydrogen) atoms. The first-order valence-electron chi connectivity index (χ1n) is 9.81. The second-order valence-electron chi connectivity index (χ2n) is 9.22. The number of benzene rings is 1. The van der Waals surface area contributed by atoms with Gasteiger partial charge in [0.25, 0.3) is 0 Å². The van der Waals surface area contributed by atoms with Gasteiger partial charge in [-0.15, -0.1) is 0 Å². The van der Waals surface area contributed by atoms with Crippen LogP contribution in [0.4, 0.5) is 0 Å². The second-order valence-corrected chi connectivity index (χ2v) is 29.0. The van der Waals surface area contributed by atoms with Crippen LogP contribution in [0.5, 0.6) is 11.5 Å². The molecule has 3 nitrogen and oxygen atoms in total.